The molecular formula is C14H9BrF2O. The highest BCUT2D eigenvalue weighted by Gasteiger charge is 2.17. The Morgan fingerprint density at radius 3 is 2.56 bits per heavy atom. The van der Waals surface area contributed by atoms with Gasteiger partial charge in [-0.15, -0.1) is 0 Å². The van der Waals surface area contributed by atoms with Crippen LogP contribution < -0.4 is 0 Å². The number of rotatable bonds is 2. The van der Waals surface area contributed by atoms with Gasteiger partial charge in [0.05, 0.1) is 5.56 Å². The summed E-state index contributed by atoms with van der Waals surface area (Å²) in [7, 11) is 0. The van der Waals surface area contributed by atoms with E-state index in [9.17, 15) is 13.6 Å². The van der Waals surface area contributed by atoms with Crippen molar-refractivity contribution in [1.29, 1.82) is 0 Å². The van der Waals surface area contributed by atoms with Gasteiger partial charge in [-0.2, -0.15) is 0 Å². The zero-order valence-corrected chi connectivity index (χ0v) is 11.1. The topological polar surface area (TPSA) is 17.1 Å². The van der Waals surface area contributed by atoms with Gasteiger partial charge in [0.15, 0.2) is 5.78 Å². The molecule has 92 valence electrons. The van der Waals surface area contributed by atoms with E-state index in [2.05, 4.69) is 15.9 Å². The lowest BCUT2D eigenvalue weighted by molar-refractivity contribution is 0.103. The Morgan fingerprint density at radius 1 is 1.11 bits per heavy atom. The second-order valence-corrected chi connectivity index (χ2v) is 4.68. The predicted molar refractivity (Wildman–Crippen MR) is 68.7 cm³/mol. The second-order valence-electron chi connectivity index (χ2n) is 3.89. The van der Waals surface area contributed by atoms with Crippen LogP contribution in [0, 0.1) is 18.6 Å². The molecule has 1 nitrogen and oxygen atoms in total. The Morgan fingerprint density at radius 2 is 1.83 bits per heavy atom. The molecule has 4 heteroatoms. The molecule has 0 fully saturated rings. The van der Waals surface area contributed by atoms with Gasteiger partial charge < -0.3 is 0 Å². The van der Waals surface area contributed by atoms with Crippen molar-refractivity contribution in [2.24, 2.45) is 0 Å². The zero-order valence-electron chi connectivity index (χ0n) is 9.51. The van der Waals surface area contributed by atoms with Gasteiger partial charge >= 0.3 is 0 Å². The Hall–Kier alpha value is -1.55. The first-order chi connectivity index (χ1) is 8.50. The largest absolute Gasteiger partial charge is 0.288 e. The Kier molecular flexibility index (Phi) is 3.57. The zero-order chi connectivity index (χ0) is 13.3. The Labute approximate surface area is 112 Å². The third-order valence-corrected chi connectivity index (χ3v) is 3.66. The van der Waals surface area contributed by atoms with Gasteiger partial charge in [-0.1, -0.05) is 12.1 Å². The van der Waals surface area contributed by atoms with E-state index in [1.54, 1.807) is 12.1 Å². The molecule has 0 bridgehead atoms. The summed E-state index contributed by atoms with van der Waals surface area (Å²) in [5.74, 6) is -1.90. The van der Waals surface area contributed by atoms with Crippen LogP contribution in [0.1, 0.15) is 21.5 Å². The molecule has 0 N–H and O–H groups in total. The van der Waals surface area contributed by atoms with E-state index in [-0.39, 0.29) is 5.56 Å². The molecule has 0 atom stereocenters. The van der Waals surface area contributed by atoms with Crippen molar-refractivity contribution in [3.63, 3.8) is 0 Å². The van der Waals surface area contributed by atoms with Crippen LogP contribution in [0.2, 0.25) is 0 Å². The molecule has 2 aromatic rings. The minimum atomic E-state index is -0.727. The summed E-state index contributed by atoms with van der Waals surface area (Å²) in [6.07, 6.45) is 0. The van der Waals surface area contributed by atoms with Crippen molar-refractivity contribution in [3.8, 4) is 0 Å². The van der Waals surface area contributed by atoms with Gasteiger partial charge in [0.2, 0.25) is 0 Å². The molecule has 2 aromatic carbocycles. The number of ketones is 1. The van der Waals surface area contributed by atoms with Crippen LogP contribution in [0.25, 0.3) is 0 Å². The normalized spacial score (nSPS) is 10.4. The van der Waals surface area contributed by atoms with Crippen LogP contribution in [-0.4, -0.2) is 5.78 Å². The molecule has 0 aliphatic carbocycles. The van der Waals surface area contributed by atoms with Crippen LogP contribution in [0.5, 0.6) is 0 Å². The van der Waals surface area contributed by atoms with E-state index in [0.29, 0.717) is 10.0 Å². The predicted octanol–water partition coefficient (Wildman–Crippen LogP) is 4.27. The van der Waals surface area contributed by atoms with Crippen LogP contribution in [0.3, 0.4) is 0 Å². The number of benzene rings is 2. The van der Waals surface area contributed by atoms with Crippen molar-refractivity contribution in [2.75, 3.05) is 0 Å². The minimum Gasteiger partial charge on any atom is -0.288 e. The summed E-state index contributed by atoms with van der Waals surface area (Å²) >= 11 is 3.28. The first kappa shape index (κ1) is 12.9. The summed E-state index contributed by atoms with van der Waals surface area (Å²) < 4.78 is 27.2. The molecule has 0 saturated carbocycles. The van der Waals surface area contributed by atoms with Crippen molar-refractivity contribution >= 4 is 21.7 Å². The van der Waals surface area contributed by atoms with Crippen LogP contribution in [0.15, 0.2) is 40.9 Å². The fraction of sp³-hybridized carbons (Fsp3) is 0.0714. The highest BCUT2D eigenvalue weighted by molar-refractivity contribution is 9.10. The van der Waals surface area contributed by atoms with Crippen molar-refractivity contribution in [3.05, 3.63) is 69.2 Å². The Bertz CT molecular complexity index is 619. The average Bonchev–Trinajstić information content (AvgIpc) is 2.35. The molecule has 0 unspecified atom stereocenters. The van der Waals surface area contributed by atoms with Crippen LogP contribution >= 0.6 is 15.9 Å². The number of carbonyl (C=O) groups is 1. The first-order valence-corrected chi connectivity index (χ1v) is 6.05. The number of hydrogen-bond acceptors (Lipinski definition) is 1. The molecule has 0 amide bonds. The lowest BCUT2D eigenvalue weighted by atomic mass is 10.0. The number of hydrogen-bond donors (Lipinski definition) is 0. The fourth-order valence-corrected chi connectivity index (χ4v) is 2.08. The third kappa shape index (κ3) is 2.34. The standard InChI is InChI=1S/C14H9BrF2O/c1-8-3-2-4-10(13(8)15)14(18)11-7-9(16)5-6-12(11)17/h2-7H,1H3. The summed E-state index contributed by atoms with van der Waals surface area (Å²) in [4.78, 5) is 12.2. The van der Waals surface area contributed by atoms with Gasteiger partial charge in [0.25, 0.3) is 0 Å². The molecule has 0 aliphatic heterocycles. The second kappa shape index (κ2) is 4.98. The SMILES string of the molecule is Cc1cccc(C(=O)c2cc(F)ccc2F)c1Br. The fourth-order valence-electron chi connectivity index (χ4n) is 1.64. The maximum atomic E-state index is 13.5. The quantitative estimate of drug-likeness (QED) is 0.757. The first-order valence-electron chi connectivity index (χ1n) is 5.25. The van der Waals surface area contributed by atoms with Gasteiger partial charge in [-0.25, -0.2) is 8.78 Å². The van der Waals surface area contributed by atoms with E-state index in [4.69, 9.17) is 0 Å². The molecule has 0 aliphatic rings. The maximum Gasteiger partial charge on any atom is 0.197 e. The van der Waals surface area contributed by atoms with Crippen molar-refractivity contribution in [2.45, 2.75) is 6.92 Å². The minimum absolute atomic E-state index is 0.263. The molecule has 0 radical (unpaired) electrons. The average molecular weight is 311 g/mol. The highest BCUT2D eigenvalue weighted by Crippen LogP contribution is 2.24. The third-order valence-electron chi connectivity index (χ3n) is 2.61. The lowest BCUT2D eigenvalue weighted by Gasteiger charge is -2.07. The van der Waals surface area contributed by atoms with E-state index in [1.807, 2.05) is 13.0 Å². The van der Waals surface area contributed by atoms with Crippen molar-refractivity contribution < 1.29 is 13.6 Å². The molecule has 0 heterocycles. The van der Waals surface area contributed by atoms with E-state index in [0.717, 1.165) is 23.8 Å². The smallest absolute Gasteiger partial charge is 0.197 e. The van der Waals surface area contributed by atoms with Gasteiger partial charge in [0, 0.05) is 10.0 Å². The molecular weight excluding hydrogens is 302 g/mol. The van der Waals surface area contributed by atoms with Gasteiger partial charge in [-0.3, -0.25) is 4.79 Å². The van der Waals surface area contributed by atoms with Crippen LogP contribution in [-0.2, 0) is 0 Å². The van der Waals surface area contributed by atoms with E-state index >= 15 is 0 Å². The summed E-state index contributed by atoms with van der Waals surface area (Å²) in [6, 6.07) is 7.94. The van der Waals surface area contributed by atoms with Gasteiger partial charge in [-0.05, 0) is 52.7 Å². The molecule has 2 rings (SSSR count). The number of aryl methyl sites for hydroxylation is 1. The monoisotopic (exact) mass is 310 g/mol. The van der Waals surface area contributed by atoms with Crippen LogP contribution in [0.4, 0.5) is 8.78 Å². The maximum absolute atomic E-state index is 13.5. The van der Waals surface area contributed by atoms with E-state index in [1.165, 1.54) is 0 Å². The lowest BCUT2D eigenvalue weighted by Crippen LogP contribution is -2.06. The molecule has 18 heavy (non-hydrogen) atoms. The summed E-state index contributed by atoms with van der Waals surface area (Å²) in [5.41, 5.74) is 0.915. The summed E-state index contributed by atoms with van der Waals surface area (Å²) in [6.45, 7) is 1.82. The highest BCUT2D eigenvalue weighted by atomic mass is 79.9. The molecule has 0 saturated heterocycles. The molecule has 0 aromatic heterocycles. The molecule has 0 spiro atoms. The number of carbonyl (C=O) groups excluding carboxylic acids is 1. The summed E-state index contributed by atoms with van der Waals surface area (Å²) in [5, 5.41) is 0. The Balaban J connectivity index is 2.55. The van der Waals surface area contributed by atoms with E-state index < -0.39 is 17.4 Å². The van der Waals surface area contributed by atoms with Gasteiger partial charge in [0.1, 0.15) is 11.6 Å². The van der Waals surface area contributed by atoms with Crippen molar-refractivity contribution in [1.82, 2.24) is 0 Å². The number of halogens is 3.